The first-order valence-electron chi connectivity index (χ1n) is 2.62. The third-order valence-electron chi connectivity index (χ3n) is 1.35. The van der Waals surface area contributed by atoms with Crippen molar-refractivity contribution in [2.24, 2.45) is 0 Å². The minimum atomic E-state index is -1.22. The van der Waals surface area contributed by atoms with E-state index >= 15 is 0 Å². The van der Waals surface area contributed by atoms with Crippen molar-refractivity contribution in [1.82, 2.24) is 0 Å². The van der Waals surface area contributed by atoms with Crippen molar-refractivity contribution >= 4 is 15.9 Å². The second-order valence-corrected chi connectivity index (χ2v) is 3.40. The Morgan fingerprint density at radius 1 is 1.12 bits per heavy atom. The van der Waals surface area contributed by atoms with Gasteiger partial charge in [0.15, 0.2) is 0 Å². The van der Waals surface area contributed by atoms with Crippen molar-refractivity contribution < 1.29 is 8.78 Å². The summed E-state index contributed by atoms with van der Waals surface area (Å²) in [4.78, 5) is 0.0625. The standard InChI is InChI=1S/C5H7BrF2/c6-3-1-4(7)5(8)2-3/h3-5H,1-2H2. The minimum absolute atomic E-state index is 0.0625. The molecule has 0 spiro atoms. The van der Waals surface area contributed by atoms with Crippen molar-refractivity contribution in [3.8, 4) is 0 Å². The van der Waals surface area contributed by atoms with E-state index in [1.165, 1.54) is 0 Å². The van der Waals surface area contributed by atoms with Crippen LogP contribution in [-0.4, -0.2) is 17.2 Å². The molecule has 48 valence electrons. The van der Waals surface area contributed by atoms with Crippen molar-refractivity contribution in [1.29, 1.82) is 0 Å². The van der Waals surface area contributed by atoms with E-state index in [-0.39, 0.29) is 4.83 Å². The topological polar surface area (TPSA) is 0 Å². The maximum absolute atomic E-state index is 12.2. The molecule has 0 heterocycles. The van der Waals surface area contributed by atoms with E-state index < -0.39 is 12.3 Å². The van der Waals surface area contributed by atoms with Crippen LogP contribution in [0.25, 0.3) is 0 Å². The van der Waals surface area contributed by atoms with Crippen LogP contribution in [0.15, 0.2) is 0 Å². The van der Waals surface area contributed by atoms with Crippen LogP contribution in [0.5, 0.6) is 0 Å². The smallest absolute Gasteiger partial charge is 0.132 e. The van der Waals surface area contributed by atoms with Crippen molar-refractivity contribution in [3.63, 3.8) is 0 Å². The zero-order valence-electron chi connectivity index (χ0n) is 4.28. The summed E-state index contributed by atoms with van der Waals surface area (Å²) in [5.74, 6) is 0. The molecule has 0 aromatic heterocycles. The Morgan fingerprint density at radius 3 is 1.62 bits per heavy atom. The summed E-state index contributed by atoms with van der Waals surface area (Å²) in [7, 11) is 0. The summed E-state index contributed by atoms with van der Waals surface area (Å²) in [6.45, 7) is 0. The molecule has 0 nitrogen and oxygen atoms in total. The largest absolute Gasteiger partial charge is 0.244 e. The maximum atomic E-state index is 12.2. The predicted molar refractivity (Wildman–Crippen MR) is 31.7 cm³/mol. The van der Waals surface area contributed by atoms with Gasteiger partial charge in [-0.05, 0) is 12.8 Å². The third kappa shape index (κ3) is 1.19. The highest BCUT2D eigenvalue weighted by atomic mass is 79.9. The Balaban J connectivity index is 2.39. The molecule has 0 N–H and O–H groups in total. The normalized spacial score (nSPS) is 47.6. The summed E-state index contributed by atoms with van der Waals surface area (Å²) in [5.41, 5.74) is 0. The average Bonchev–Trinajstić information content (AvgIpc) is 1.85. The van der Waals surface area contributed by atoms with Gasteiger partial charge in [-0.1, -0.05) is 15.9 Å². The number of halogens is 3. The first-order chi connectivity index (χ1) is 3.70. The van der Waals surface area contributed by atoms with Gasteiger partial charge in [0.1, 0.15) is 12.3 Å². The van der Waals surface area contributed by atoms with Gasteiger partial charge in [0.25, 0.3) is 0 Å². The van der Waals surface area contributed by atoms with Gasteiger partial charge in [-0.2, -0.15) is 0 Å². The SMILES string of the molecule is FC1CC(Br)CC1F. The molecule has 8 heavy (non-hydrogen) atoms. The highest BCUT2D eigenvalue weighted by Crippen LogP contribution is 2.30. The summed E-state index contributed by atoms with van der Waals surface area (Å²) in [6, 6.07) is 0. The van der Waals surface area contributed by atoms with Crippen LogP contribution in [0, 0.1) is 0 Å². The summed E-state index contributed by atoms with van der Waals surface area (Å²) < 4.78 is 24.3. The van der Waals surface area contributed by atoms with E-state index in [9.17, 15) is 8.78 Å². The molecule has 0 amide bonds. The molecule has 1 rings (SSSR count). The Kier molecular flexibility index (Phi) is 1.85. The molecule has 0 radical (unpaired) electrons. The molecule has 0 saturated heterocycles. The van der Waals surface area contributed by atoms with Crippen molar-refractivity contribution in [2.75, 3.05) is 0 Å². The quantitative estimate of drug-likeness (QED) is 0.507. The fourth-order valence-electron chi connectivity index (χ4n) is 0.880. The summed E-state index contributed by atoms with van der Waals surface area (Å²) in [5, 5.41) is 0. The molecule has 1 aliphatic rings. The predicted octanol–water partition coefficient (Wildman–Crippen LogP) is 2.22. The van der Waals surface area contributed by atoms with Gasteiger partial charge in [-0.3, -0.25) is 0 Å². The fourth-order valence-corrected chi connectivity index (χ4v) is 1.59. The zero-order valence-corrected chi connectivity index (χ0v) is 5.87. The monoisotopic (exact) mass is 184 g/mol. The zero-order chi connectivity index (χ0) is 6.15. The number of alkyl halides is 3. The molecule has 1 aliphatic carbocycles. The summed E-state index contributed by atoms with van der Waals surface area (Å²) >= 11 is 3.14. The lowest BCUT2D eigenvalue weighted by Crippen LogP contribution is -2.06. The molecular weight excluding hydrogens is 178 g/mol. The Hall–Kier alpha value is 0.340. The highest BCUT2D eigenvalue weighted by molar-refractivity contribution is 9.09. The lowest BCUT2D eigenvalue weighted by atomic mass is 10.3. The molecule has 0 bridgehead atoms. The van der Waals surface area contributed by atoms with Crippen LogP contribution in [-0.2, 0) is 0 Å². The molecule has 3 heteroatoms. The van der Waals surface area contributed by atoms with Gasteiger partial charge >= 0.3 is 0 Å². The fraction of sp³-hybridized carbons (Fsp3) is 1.00. The minimum Gasteiger partial charge on any atom is -0.244 e. The van der Waals surface area contributed by atoms with E-state index in [1.807, 2.05) is 0 Å². The molecule has 0 aromatic carbocycles. The lowest BCUT2D eigenvalue weighted by Gasteiger charge is -1.96. The summed E-state index contributed by atoms with van der Waals surface area (Å²) in [6.07, 6.45) is -1.78. The van der Waals surface area contributed by atoms with Crippen molar-refractivity contribution in [2.45, 2.75) is 30.0 Å². The Labute approximate surface area is 55.4 Å². The molecular formula is C5H7BrF2. The molecule has 0 aliphatic heterocycles. The second kappa shape index (κ2) is 2.29. The van der Waals surface area contributed by atoms with Crippen LogP contribution in [0.3, 0.4) is 0 Å². The van der Waals surface area contributed by atoms with Gasteiger partial charge in [-0.15, -0.1) is 0 Å². The highest BCUT2D eigenvalue weighted by Gasteiger charge is 2.32. The van der Waals surface area contributed by atoms with Crippen LogP contribution in [0.2, 0.25) is 0 Å². The van der Waals surface area contributed by atoms with E-state index in [2.05, 4.69) is 15.9 Å². The number of rotatable bonds is 0. The van der Waals surface area contributed by atoms with E-state index in [1.54, 1.807) is 0 Å². The molecule has 2 unspecified atom stereocenters. The van der Waals surface area contributed by atoms with Crippen LogP contribution >= 0.6 is 15.9 Å². The second-order valence-electron chi connectivity index (χ2n) is 2.10. The van der Waals surface area contributed by atoms with E-state index in [0.29, 0.717) is 12.8 Å². The van der Waals surface area contributed by atoms with E-state index in [4.69, 9.17) is 0 Å². The van der Waals surface area contributed by atoms with Gasteiger partial charge in [0.2, 0.25) is 0 Å². The van der Waals surface area contributed by atoms with Crippen LogP contribution in [0.4, 0.5) is 8.78 Å². The molecule has 0 aromatic rings. The van der Waals surface area contributed by atoms with Crippen LogP contribution in [0.1, 0.15) is 12.8 Å². The average molecular weight is 185 g/mol. The first-order valence-corrected chi connectivity index (χ1v) is 3.54. The molecule has 1 saturated carbocycles. The van der Waals surface area contributed by atoms with Gasteiger partial charge < -0.3 is 0 Å². The van der Waals surface area contributed by atoms with E-state index in [0.717, 1.165) is 0 Å². The number of hydrogen-bond donors (Lipinski definition) is 0. The Bertz CT molecular complexity index is 76.5. The van der Waals surface area contributed by atoms with Gasteiger partial charge in [-0.25, -0.2) is 8.78 Å². The van der Waals surface area contributed by atoms with Crippen LogP contribution < -0.4 is 0 Å². The van der Waals surface area contributed by atoms with Crippen molar-refractivity contribution in [3.05, 3.63) is 0 Å². The third-order valence-corrected chi connectivity index (χ3v) is 2.10. The maximum Gasteiger partial charge on any atom is 0.132 e. The van der Waals surface area contributed by atoms with Gasteiger partial charge in [0, 0.05) is 4.83 Å². The number of hydrogen-bond acceptors (Lipinski definition) is 0. The Morgan fingerprint density at radius 2 is 1.50 bits per heavy atom. The lowest BCUT2D eigenvalue weighted by molar-refractivity contribution is 0.199. The van der Waals surface area contributed by atoms with Gasteiger partial charge in [0.05, 0.1) is 0 Å². The molecule has 1 fully saturated rings. The molecule has 2 atom stereocenters. The first kappa shape index (κ1) is 6.46.